The maximum Gasteiger partial charge on any atom is 0.404 e. The lowest BCUT2D eigenvalue weighted by molar-refractivity contribution is -0.304. The van der Waals surface area contributed by atoms with E-state index in [9.17, 15) is 24.6 Å². The number of aromatic hydroxyl groups is 1. The molecule has 13 nitrogen and oxygen atoms in total. The van der Waals surface area contributed by atoms with Gasteiger partial charge in [-0.15, -0.1) is 0 Å². The molecule has 2 aliphatic rings. The van der Waals surface area contributed by atoms with Crippen molar-refractivity contribution < 1.29 is 47.9 Å². The van der Waals surface area contributed by atoms with Gasteiger partial charge in [0.2, 0.25) is 6.29 Å². The molecule has 0 spiro atoms. The van der Waals surface area contributed by atoms with E-state index >= 15 is 0 Å². The summed E-state index contributed by atoms with van der Waals surface area (Å²) < 4.78 is 33.9. The summed E-state index contributed by atoms with van der Waals surface area (Å²) in [5.41, 5.74) is 3.86. The number of aryl methyl sites for hydroxylation is 2. The average Bonchev–Trinajstić information content (AvgIpc) is 2.94. The molecule has 2 aromatic carbocycles. The molecule has 5 N–H and O–H groups in total. The van der Waals surface area contributed by atoms with Gasteiger partial charge in [-0.05, 0) is 83.4 Å². The molecule has 1 aromatic heterocycles. The smallest absolute Gasteiger partial charge is 0.404 e. The van der Waals surface area contributed by atoms with Crippen LogP contribution in [0.15, 0.2) is 39.5 Å². The van der Waals surface area contributed by atoms with Crippen molar-refractivity contribution in [1.82, 2.24) is 0 Å². The molecule has 2 amide bonds. The van der Waals surface area contributed by atoms with Crippen molar-refractivity contribution in [2.75, 3.05) is 12.4 Å². The monoisotopic (exact) mass is 612 g/mol. The molecule has 5 rings (SSSR count). The van der Waals surface area contributed by atoms with Crippen LogP contribution in [-0.2, 0) is 20.6 Å². The summed E-state index contributed by atoms with van der Waals surface area (Å²) >= 11 is 0. The first-order chi connectivity index (χ1) is 20.6. The first-order valence-corrected chi connectivity index (χ1v) is 14.1. The number of hydrogen-bond acceptors (Lipinski definition) is 11. The third kappa shape index (κ3) is 5.77. The van der Waals surface area contributed by atoms with Gasteiger partial charge in [-0.2, -0.15) is 0 Å². The van der Waals surface area contributed by atoms with Crippen LogP contribution >= 0.6 is 0 Å². The van der Waals surface area contributed by atoms with Gasteiger partial charge in [-0.3, -0.25) is 4.79 Å². The Morgan fingerprint density at radius 2 is 1.86 bits per heavy atom. The van der Waals surface area contributed by atoms with Crippen LogP contribution in [0.25, 0.3) is 11.0 Å². The minimum Gasteiger partial charge on any atom is -0.505 e. The number of carbonyl (C=O) groups is 2. The van der Waals surface area contributed by atoms with Crippen LogP contribution in [0.1, 0.15) is 55.6 Å². The molecule has 13 heteroatoms. The van der Waals surface area contributed by atoms with E-state index in [0.29, 0.717) is 11.3 Å². The number of hydrogen-bond donors (Lipinski definition) is 4. The molecule has 0 aliphatic carbocycles. The average molecular weight is 613 g/mol. The van der Waals surface area contributed by atoms with E-state index in [4.69, 9.17) is 33.8 Å². The van der Waals surface area contributed by atoms with Crippen LogP contribution in [0, 0.1) is 6.92 Å². The number of ether oxygens (including phenoxy) is 5. The molecule has 0 unspecified atom stereocenters. The predicted octanol–water partition coefficient (Wildman–Crippen LogP) is 3.52. The number of carbonyl (C=O) groups excluding carboxylic acids is 2. The van der Waals surface area contributed by atoms with Gasteiger partial charge in [0.25, 0.3) is 5.91 Å². The molecule has 0 bridgehead atoms. The maximum atomic E-state index is 13.1. The van der Waals surface area contributed by atoms with Crippen molar-refractivity contribution in [3.05, 3.63) is 57.4 Å². The van der Waals surface area contributed by atoms with Gasteiger partial charge in [0.1, 0.15) is 28.8 Å². The second-order valence-electron chi connectivity index (χ2n) is 12.1. The van der Waals surface area contributed by atoms with Crippen molar-refractivity contribution in [2.45, 2.75) is 83.3 Å². The van der Waals surface area contributed by atoms with Crippen molar-refractivity contribution in [3.8, 4) is 17.2 Å². The number of nitrogens with two attached hydrogens (primary N) is 1. The molecule has 4 atom stereocenters. The highest BCUT2D eigenvalue weighted by Crippen LogP contribution is 2.39. The molecule has 1 saturated heterocycles. The summed E-state index contributed by atoms with van der Waals surface area (Å²) in [4.78, 5) is 37.6. The fraction of sp³-hybridized carbons (Fsp3) is 0.452. The van der Waals surface area contributed by atoms with E-state index in [1.54, 1.807) is 39.0 Å². The van der Waals surface area contributed by atoms with E-state index in [0.717, 1.165) is 18.4 Å². The largest absolute Gasteiger partial charge is 0.505 e. The normalized spacial score (nSPS) is 23.7. The quantitative estimate of drug-likeness (QED) is 0.298. The number of rotatable bonds is 6. The van der Waals surface area contributed by atoms with Crippen LogP contribution in [0.4, 0.5) is 10.5 Å². The number of aliphatic hydroxyl groups excluding tert-OH is 1. The highest BCUT2D eigenvalue weighted by atomic mass is 16.7. The molecule has 44 heavy (non-hydrogen) atoms. The Morgan fingerprint density at radius 3 is 2.55 bits per heavy atom. The number of methoxy groups -OCH3 is 1. The molecular weight excluding hydrogens is 576 g/mol. The van der Waals surface area contributed by atoms with Gasteiger partial charge in [0.15, 0.2) is 23.6 Å². The number of nitrogens with one attached hydrogen (secondary N) is 1. The third-order valence-electron chi connectivity index (χ3n) is 7.96. The lowest BCUT2D eigenvalue weighted by atomic mass is 9.89. The maximum absolute atomic E-state index is 13.1. The molecule has 2 aliphatic heterocycles. The molecule has 236 valence electrons. The van der Waals surface area contributed by atoms with E-state index < -0.39 is 59.3 Å². The Bertz CT molecular complexity index is 1680. The van der Waals surface area contributed by atoms with Gasteiger partial charge in [-0.1, -0.05) is 0 Å². The molecule has 0 saturated carbocycles. The summed E-state index contributed by atoms with van der Waals surface area (Å²) in [5, 5.41) is 24.6. The molecule has 0 radical (unpaired) electrons. The van der Waals surface area contributed by atoms with Gasteiger partial charge in [0, 0.05) is 18.2 Å². The van der Waals surface area contributed by atoms with Crippen molar-refractivity contribution in [2.24, 2.45) is 5.73 Å². The molecule has 1 fully saturated rings. The Labute approximate surface area is 252 Å². The van der Waals surface area contributed by atoms with Crippen LogP contribution in [0.3, 0.4) is 0 Å². The standard InChI is InChI=1S/C31H36N2O11/c1-14-18(40-28-22(35)24(42-29(32)38)25(39-6)31(4,5)44-28)10-8-17-21(34)20(27(37)41-23(14)17)33-26(36)16-7-9-19-15(13-16)11-12-30(2,3)43-19/h7-10,13,22,24-25,28,34-35H,11-12H2,1-6H3,(H2,32,38)(H,33,36)/t22-,24+,25-,28-/m1/s1. The fourth-order valence-corrected chi connectivity index (χ4v) is 5.66. The zero-order chi connectivity index (χ0) is 32.1. The zero-order valence-corrected chi connectivity index (χ0v) is 25.3. The van der Waals surface area contributed by atoms with Gasteiger partial charge in [0.05, 0.1) is 11.0 Å². The molecule has 3 heterocycles. The van der Waals surface area contributed by atoms with Crippen molar-refractivity contribution >= 4 is 28.7 Å². The molecular formula is C31H36N2O11. The number of benzene rings is 2. The topological polar surface area (TPSA) is 189 Å². The Kier molecular flexibility index (Phi) is 7.99. The second-order valence-corrected chi connectivity index (χ2v) is 12.1. The van der Waals surface area contributed by atoms with E-state index in [-0.39, 0.29) is 27.9 Å². The summed E-state index contributed by atoms with van der Waals surface area (Å²) in [6.45, 7) is 8.90. The Hall–Kier alpha value is -4.33. The van der Waals surface area contributed by atoms with Gasteiger partial charge < -0.3 is 49.4 Å². The SMILES string of the molecule is CO[C@@H]1[C@@H](OC(N)=O)[C@@H](O)[C@H](Oc2ccc3c(O)c(NC(=O)c4ccc5c(c4)CCC(C)(C)O5)c(=O)oc3c2C)OC1(C)C. The first-order valence-electron chi connectivity index (χ1n) is 14.1. The number of anilines is 1. The van der Waals surface area contributed by atoms with E-state index in [1.807, 2.05) is 13.8 Å². The van der Waals surface area contributed by atoms with Gasteiger partial charge >= 0.3 is 11.7 Å². The predicted molar refractivity (Wildman–Crippen MR) is 157 cm³/mol. The number of primary amides is 1. The van der Waals surface area contributed by atoms with E-state index in [2.05, 4.69) is 5.32 Å². The van der Waals surface area contributed by atoms with Crippen molar-refractivity contribution in [1.29, 1.82) is 0 Å². The van der Waals surface area contributed by atoms with Crippen LogP contribution < -0.4 is 26.1 Å². The summed E-state index contributed by atoms with van der Waals surface area (Å²) in [5.74, 6) is -0.257. The Morgan fingerprint density at radius 1 is 1.14 bits per heavy atom. The van der Waals surface area contributed by atoms with Crippen molar-refractivity contribution in [3.63, 3.8) is 0 Å². The Balaban J connectivity index is 1.41. The zero-order valence-electron chi connectivity index (χ0n) is 25.3. The number of fused-ring (bicyclic) bond motifs is 2. The lowest BCUT2D eigenvalue weighted by Gasteiger charge is -2.47. The minimum absolute atomic E-state index is 0.0131. The van der Waals surface area contributed by atoms with Crippen LogP contribution in [-0.4, -0.2) is 65.1 Å². The highest BCUT2D eigenvalue weighted by Gasteiger charge is 2.53. The summed E-state index contributed by atoms with van der Waals surface area (Å²) in [7, 11) is 1.38. The van der Waals surface area contributed by atoms with Gasteiger partial charge in [-0.25, -0.2) is 9.59 Å². The summed E-state index contributed by atoms with van der Waals surface area (Å²) in [6.07, 6.45) is -4.53. The van der Waals surface area contributed by atoms with Crippen LogP contribution in [0.2, 0.25) is 0 Å². The van der Waals surface area contributed by atoms with Crippen LogP contribution in [0.5, 0.6) is 17.2 Å². The minimum atomic E-state index is -1.50. The summed E-state index contributed by atoms with van der Waals surface area (Å²) in [6, 6.07) is 7.90. The highest BCUT2D eigenvalue weighted by molar-refractivity contribution is 6.06. The lowest BCUT2D eigenvalue weighted by Crippen LogP contribution is -2.65. The second kappa shape index (κ2) is 11.3. The fourth-order valence-electron chi connectivity index (χ4n) is 5.66. The number of aliphatic hydroxyl groups is 1. The van der Waals surface area contributed by atoms with E-state index in [1.165, 1.54) is 19.2 Å². The third-order valence-corrected chi connectivity index (χ3v) is 7.96. The molecule has 3 aromatic rings. The number of amides is 2. The first kappa shape index (κ1) is 31.1.